The molecule has 1 aliphatic rings. The Morgan fingerprint density at radius 1 is 0.300 bits per heavy atom. The molecule has 20 heavy (non-hydrogen) atoms. The Morgan fingerprint density at radius 3 is 0.450 bits per heavy atom. The van der Waals surface area contributed by atoms with Crippen LogP contribution in [0.5, 0.6) is 0 Å². The lowest BCUT2D eigenvalue weighted by molar-refractivity contribution is 1.22. The van der Waals surface area contributed by atoms with E-state index in [1.807, 2.05) is 0 Å². The van der Waals surface area contributed by atoms with E-state index in [1.165, 1.54) is 55.7 Å². The molecular formula is C20H30. The summed E-state index contributed by atoms with van der Waals surface area (Å²) in [6, 6.07) is 0. The van der Waals surface area contributed by atoms with Gasteiger partial charge < -0.3 is 0 Å². The first-order valence-electron chi connectivity index (χ1n) is 7.50. The van der Waals surface area contributed by atoms with Gasteiger partial charge in [-0.2, -0.15) is 0 Å². The number of rotatable bonds is 0. The van der Waals surface area contributed by atoms with Gasteiger partial charge in [0.15, 0.2) is 0 Å². The fourth-order valence-corrected chi connectivity index (χ4v) is 3.12. The Labute approximate surface area is 125 Å². The van der Waals surface area contributed by atoms with Crippen molar-refractivity contribution in [3.63, 3.8) is 0 Å². The Morgan fingerprint density at radius 2 is 0.400 bits per heavy atom. The topological polar surface area (TPSA) is 0 Å². The summed E-state index contributed by atoms with van der Waals surface area (Å²) < 4.78 is 0. The largest absolute Gasteiger partial charge is 0.0679 e. The SMILES string of the molecule is CC(C)=C1C(=C(C)C)C(=C(C)C)C(=C(C)C)C1=C(C)C. The van der Waals surface area contributed by atoms with Gasteiger partial charge in [0, 0.05) is 0 Å². The van der Waals surface area contributed by atoms with Crippen molar-refractivity contribution >= 4 is 0 Å². The summed E-state index contributed by atoms with van der Waals surface area (Å²) in [6.07, 6.45) is 0. The van der Waals surface area contributed by atoms with E-state index in [9.17, 15) is 0 Å². The molecule has 0 heterocycles. The van der Waals surface area contributed by atoms with E-state index in [4.69, 9.17) is 0 Å². The second-order valence-electron chi connectivity index (χ2n) is 6.88. The predicted octanol–water partition coefficient (Wildman–Crippen LogP) is 6.68. The molecule has 1 saturated carbocycles. The highest BCUT2D eigenvalue weighted by Gasteiger charge is 2.32. The third-order valence-electron chi connectivity index (χ3n) is 3.75. The van der Waals surface area contributed by atoms with E-state index >= 15 is 0 Å². The molecule has 0 aromatic carbocycles. The molecule has 0 unspecified atom stereocenters. The van der Waals surface area contributed by atoms with Gasteiger partial charge in [-0.25, -0.2) is 0 Å². The summed E-state index contributed by atoms with van der Waals surface area (Å²) in [5.74, 6) is 0. The molecule has 0 heteroatoms. The first-order valence-corrected chi connectivity index (χ1v) is 7.50. The minimum Gasteiger partial charge on any atom is -0.0679 e. The van der Waals surface area contributed by atoms with Gasteiger partial charge in [0.25, 0.3) is 0 Å². The third-order valence-corrected chi connectivity index (χ3v) is 3.75. The number of hydrogen-bond acceptors (Lipinski definition) is 0. The van der Waals surface area contributed by atoms with Crippen molar-refractivity contribution in [2.45, 2.75) is 69.2 Å². The van der Waals surface area contributed by atoms with Crippen LogP contribution in [0.4, 0.5) is 0 Å². The van der Waals surface area contributed by atoms with Gasteiger partial charge in [-0.15, -0.1) is 0 Å². The smallest absolute Gasteiger partial charge is 0.0114 e. The van der Waals surface area contributed by atoms with Crippen molar-refractivity contribution < 1.29 is 0 Å². The van der Waals surface area contributed by atoms with Crippen LogP contribution >= 0.6 is 0 Å². The fraction of sp³-hybridized carbons (Fsp3) is 0.500. The van der Waals surface area contributed by atoms with Crippen LogP contribution in [0, 0.1) is 0 Å². The van der Waals surface area contributed by atoms with Crippen LogP contribution in [0.2, 0.25) is 0 Å². The van der Waals surface area contributed by atoms with Gasteiger partial charge in [-0.05, 0) is 97.1 Å². The molecule has 110 valence electrons. The molecule has 0 aliphatic heterocycles. The van der Waals surface area contributed by atoms with Crippen molar-refractivity contribution in [3.05, 3.63) is 55.7 Å². The summed E-state index contributed by atoms with van der Waals surface area (Å²) >= 11 is 0. The van der Waals surface area contributed by atoms with E-state index in [0.717, 1.165) is 0 Å². The minimum atomic E-state index is 1.41. The van der Waals surface area contributed by atoms with Crippen LogP contribution in [0.1, 0.15) is 69.2 Å². The zero-order valence-electron chi connectivity index (χ0n) is 15.0. The molecule has 0 aromatic rings. The minimum absolute atomic E-state index is 1.41. The summed E-state index contributed by atoms with van der Waals surface area (Å²) in [4.78, 5) is 0. The van der Waals surface area contributed by atoms with Gasteiger partial charge >= 0.3 is 0 Å². The molecular weight excluding hydrogens is 240 g/mol. The first kappa shape index (κ1) is 16.8. The second-order valence-corrected chi connectivity index (χ2v) is 6.88. The average molecular weight is 270 g/mol. The van der Waals surface area contributed by atoms with Crippen molar-refractivity contribution in [3.8, 4) is 0 Å². The Bertz CT molecular complexity index is 428. The van der Waals surface area contributed by atoms with Gasteiger partial charge in [0.05, 0.1) is 0 Å². The van der Waals surface area contributed by atoms with Crippen LogP contribution in [0.3, 0.4) is 0 Å². The maximum Gasteiger partial charge on any atom is -0.0114 e. The lowest BCUT2D eigenvalue weighted by atomic mass is 9.94. The highest BCUT2D eigenvalue weighted by molar-refractivity contribution is 5.82. The van der Waals surface area contributed by atoms with E-state index < -0.39 is 0 Å². The predicted molar refractivity (Wildman–Crippen MR) is 91.9 cm³/mol. The summed E-state index contributed by atoms with van der Waals surface area (Å²) in [7, 11) is 0. The molecule has 0 amide bonds. The molecule has 0 bridgehead atoms. The molecule has 0 saturated heterocycles. The Hall–Kier alpha value is -1.30. The van der Waals surface area contributed by atoms with E-state index in [0.29, 0.717) is 0 Å². The first-order chi connectivity index (χ1) is 9.11. The summed E-state index contributed by atoms with van der Waals surface area (Å²) in [5.41, 5.74) is 14.3. The van der Waals surface area contributed by atoms with Crippen LogP contribution in [-0.4, -0.2) is 0 Å². The van der Waals surface area contributed by atoms with Crippen LogP contribution in [0.15, 0.2) is 55.7 Å². The lowest BCUT2D eigenvalue weighted by Gasteiger charge is -2.10. The number of allylic oxidation sites excluding steroid dienone is 10. The molecule has 0 atom stereocenters. The maximum atomic E-state index is 2.23. The van der Waals surface area contributed by atoms with Gasteiger partial charge in [0.2, 0.25) is 0 Å². The van der Waals surface area contributed by atoms with Crippen LogP contribution in [0.25, 0.3) is 0 Å². The highest BCUT2D eigenvalue weighted by atomic mass is 14.4. The molecule has 1 fully saturated rings. The zero-order valence-corrected chi connectivity index (χ0v) is 15.0. The van der Waals surface area contributed by atoms with Crippen molar-refractivity contribution in [1.29, 1.82) is 0 Å². The summed E-state index contributed by atoms with van der Waals surface area (Å²) in [6.45, 7) is 22.3. The Kier molecular flexibility index (Phi) is 5.02. The second kappa shape index (κ2) is 5.99. The molecule has 0 radical (unpaired) electrons. The standard InChI is InChI=1S/C20H30/c1-11(2)16-17(12(3)4)19(14(7)8)20(15(9)10)18(16)13(5)6/h1-10H3. The molecule has 0 spiro atoms. The van der Waals surface area contributed by atoms with Crippen LogP contribution < -0.4 is 0 Å². The zero-order chi connectivity index (χ0) is 15.8. The fourth-order valence-electron chi connectivity index (χ4n) is 3.12. The molecule has 0 nitrogen and oxygen atoms in total. The van der Waals surface area contributed by atoms with E-state index in [-0.39, 0.29) is 0 Å². The van der Waals surface area contributed by atoms with E-state index in [2.05, 4.69) is 69.2 Å². The van der Waals surface area contributed by atoms with Crippen molar-refractivity contribution in [2.24, 2.45) is 0 Å². The van der Waals surface area contributed by atoms with E-state index in [1.54, 1.807) is 0 Å². The molecule has 0 aromatic heterocycles. The van der Waals surface area contributed by atoms with Crippen molar-refractivity contribution in [2.75, 3.05) is 0 Å². The maximum absolute atomic E-state index is 2.23. The average Bonchev–Trinajstić information content (AvgIpc) is 2.64. The van der Waals surface area contributed by atoms with Crippen molar-refractivity contribution in [1.82, 2.24) is 0 Å². The monoisotopic (exact) mass is 270 g/mol. The number of hydrogen-bond donors (Lipinski definition) is 0. The van der Waals surface area contributed by atoms with Crippen LogP contribution in [-0.2, 0) is 0 Å². The molecule has 0 N–H and O–H groups in total. The van der Waals surface area contributed by atoms with Gasteiger partial charge in [-0.3, -0.25) is 0 Å². The third kappa shape index (κ3) is 2.75. The molecule has 1 aliphatic carbocycles. The normalized spacial score (nSPS) is 15.0. The molecule has 1 rings (SSSR count). The quantitative estimate of drug-likeness (QED) is 0.460. The van der Waals surface area contributed by atoms with Gasteiger partial charge in [0.1, 0.15) is 0 Å². The Balaban J connectivity index is 4.08. The van der Waals surface area contributed by atoms with Gasteiger partial charge in [-0.1, -0.05) is 27.9 Å². The summed E-state index contributed by atoms with van der Waals surface area (Å²) in [5, 5.41) is 0. The highest BCUT2D eigenvalue weighted by Crippen LogP contribution is 2.50. The lowest BCUT2D eigenvalue weighted by Crippen LogP contribution is -1.92.